The standard InChI is InChI=1S/C17H20FNO/c1-2-11-19-13-17(14-7-4-3-5-8-14)20-16-10-6-9-15(18)12-16/h3-10,12,17,19H,2,11,13H2,1H3. The molecule has 0 aliphatic rings. The van der Waals surface area contributed by atoms with Crippen molar-refractivity contribution < 1.29 is 9.13 Å². The minimum atomic E-state index is -0.282. The molecule has 1 atom stereocenters. The molecule has 0 heterocycles. The Labute approximate surface area is 119 Å². The van der Waals surface area contributed by atoms with Gasteiger partial charge in [0.1, 0.15) is 17.7 Å². The van der Waals surface area contributed by atoms with Crippen LogP contribution >= 0.6 is 0 Å². The van der Waals surface area contributed by atoms with Crippen molar-refractivity contribution in [3.63, 3.8) is 0 Å². The van der Waals surface area contributed by atoms with Crippen LogP contribution in [0.1, 0.15) is 25.0 Å². The number of rotatable bonds is 7. The van der Waals surface area contributed by atoms with Gasteiger partial charge in [0.2, 0.25) is 0 Å². The maximum absolute atomic E-state index is 13.2. The molecule has 0 amide bonds. The van der Waals surface area contributed by atoms with E-state index in [1.54, 1.807) is 12.1 Å². The lowest BCUT2D eigenvalue weighted by Gasteiger charge is -2.20. The SMILES string of the molecule is CCCNCC(Oc1cccc(F)c1)c1ccccc1. The first-order valence-electron chi connectivity index (χ1n) is 6.97. The molecule has 0 saturated heterocycles. The molecule has 1 unspecified atom stereocenters. The summed E-state index contributed by atoms with van der Waals surface area (Å²) in [5, 5.41) is 3.35. The van der Waals surface area contributed by atoms with E-state index < -0.39 is 0 Å². The van der Waals surface area contributed by atoms with Gasteiger partial charge < -0.3 is 10.1 Å². The summed E-state index contributed by atoms with van der Waals surface area (Å²) in [5.74, 6) is 0.271. The minimum absolute atomic E-state index is 0.121. The number of halogens is 1. The van der Waals surface area contributed by atoms with E-state index >= 15 is 0 Å². The largest absolute Gasteiger partial charge is 0.484 e. The highest BCUT2D eigenvalue weighted by Gasteiger charge is 2.13. The van der Waals surface area contributed by atoms with Gasteiger partial charge in [-0.3, -0.25) is 0 Å². The third-order valence-corrected chi connectivity index (χ3v) is 3.00. The van der Waals surface area contributed by atoms with Gasteiger partial charge in [-0.25, -0.2) is 4.39 Å². The average molecular weight is 273 g/mol. The van der Waals surface area contributed by atoms with Crippen molar-refractivity contribution in [3.05, 3.63) is 66.0 Å². The van der Waals surface area contributed by atoms with Gasteiger partial charge in [-0.2, -0.15) is 0 Å². The summed E-state index contributed by atoms with van der Waals surface area (Å²) in [7, 11) is 0. The van der Waals surface area contributed by atoms with Crippen LogP contribution in [0, 0.1) is 5.82 Å². The highest BCUT2D eigenvalue weighted by atomic mass is 19.1. The molecule has 2 aromatic rings. The van der Waals surface area contributed by atoms with Gasteiger partial charge in [0, 0.05) is 12.6 Å². The zero-order valence-electron chi connectivity index (χ0n) is 11.7. The lowest BCUT2D eigenvalue weighted by molar-refractivity contribution is 0.201. The average Bonchev–Trinajstić information content (AvgIpc) is 2.47. The van der Waals surface area contributed by atoms with Crippen LogP contribution in [0.3, 0.4) is 0 Å². The van der Waals surface area contributed by atoms with Crippen molar-refractivity contribution in [2.75, 3.05) is 13.1 Å². The Morgan fingerprint density at radius 2 is 1.90 bits per heavy atom. The fourth-order valence-electron chi connectivity index (χ4n) is 2.01. The van der Waals surface area contributed by atoms with Crippen molar-refractivity contribution in [2.45, 2.75) is 19.4 Å². The summed E-state index contributed by atoms with van der Waals surface area (Å²) in [6.45, 7) is 3.77. The molecule has 0 aliphatic heterocycles. The Morgan fingerprint density at radius 1 is 1.10 bits per heavy atom. The monoisotopic (exact) mass is 273 g/mol. The summed E-state index contributed by atoms with van der Waals surface area (Å²) in [6.07, 6.45) is 0.950. The van der Waals surface area contributed by atoms with Crippen LogP contribution in [-0.4, -0.2) is 13.1 Å². The van der Waals surface area contributed by atoms with E-state index in [0.29, 0.717) is 12.3 Å². The zero-order valence-corrected chi connectivity index (χ0v) is 11.7. The van der Waals surface area contributed by atoms with E-state index in [1.165, 1.54) is 12.1 Å². The number of benzene rings is 2. The summed E-state index contributed by atoms with van der Waals surface area (Å²) in [6, 6.07) is 16.3. The molecule has 0 bridgehead atoms. The van der Waals surface area contributed by atoms with Gasteiger partial charge >= 0.3 is 0 Å². The second-order valence-electron chi connectivity index (χ2n) is 4.68. The number of hydrogen-bond donors (Lipinski definition) is 1. The molecular formula is C17H20FNO. The topological polar surface area (TPSA) is 21.3 Å². The van der Waals surface area contributed by atoms with Crippen LogP contribution < -0.4 is 10.1 Å². The number of hydrogen-bond acceptors (Lipinski definition) is 2. The lowest BCUT2D eigenvalue weighted by Crippen LogP contribution is -2.25. The summed E-state index contributed by atoms with van der Waals surface area (Å²) < 4.78 is 19.2. The van der Waals surface area contributed by atoms with Crippen molar-refractivity contribution in [2.24, 2.45) is 0 Å². The predicted octanol–water partition coefficient (Wildman–Crippen LogP) is 3.95. The Balaban J connectivity index is 2.10. The fourth-order valence-corrected chi connectivity index (χ4v) is 2.01. The van der Waals surface area contributed by atoms with Gasteiger partial charge in [0.05, 0.1) is 0 Å². The van der Waals surface area contributed by atoms with Crippen LogP contribution in [0.25, 0.3) is 0 Å². The quantitative estimate of drug-likeness (QED) is 0.771. The first-order valence-corrected chi connectivity index (χ1v) is 6.97. The van der Waals surface area contributed by atoms with Gasteiger partial charge in [-0.15, -0.1) is 0 Å². The molecule has 0 aliphatic carbocycles. The highest BCUT2D eigenvalue weighted by Crippen LogP contribution is 2.22. The van der Waals surface area contributed by atoms with Crippen molar-refractivity contribution in [1.29, 1.82) is 0 Å². The smallest absolute Gasteiger partial charge is 0.136 e. The van der Waals surface area contributed by atoms with Crippen LogP contribution in [0.4, 0.5) is 4.39 Å². The molecule has 0 aromatic heterocycles. The van der Waals surface area contributed by atoms with Crippen LogP contribution in [0.5, 0.6) is 5.75 Å². The van der Waals surface area contributed by atoms with Crippen LogP contribution in [0.15, 0.2) is 54.6 Å². The maximum atomic E-state index is 13.2. The fraction of sp³-hybridized carbons (Fsp3) is 0.294. The molecule has 2 rings (SSSR count). The Morgan fingerprint density at radius 3 is 2.60 bits per heavy atom. The molecule has 106 valence electrons. The van der Waals surface area contributed by atoms with Gasteiger partial charge in [-0.1, -0.05) is 43.3 Å². The molecule has 0 saturated carbocycles. The maximum Gasteiger partial charge on any atom is 0.136 e. The Hall–Kier alpha value is -1.87. The zero-order chi connectivity index (χ0) is 14.2. The van der Waals surface area contributed by atoms with E-state index in [4.69, 9.17) is 4.74 Å². The lowest BCUT2D eigenvalue weighted by atomic mass is 10.1. The van der Waals surface area contributed by atoms with Gasteiger partial charge in [-0.05, 0) is 30.7 Å². The first-order chi connectivity index (χ1) is 9.79. The summed E-state index contributed by atoms with van der Waals surface area (Å²) in [4.78, 5) is 0. The van der Waals surface area contributed by atoms with Crippen molar-refractivity contribution in [3.8, 4) is 5.75 Å². The molecule has 1 N–H and O–H groups in total. The molecule has 20 heavy (non-hydrogen) atoms. The third-order valence-electron chi connectivity index (χ3n) is 3.00. The number of ether oxygens (including phenoxy) is 1. The summed E-state index contributed by atoms with van der Waals surface area (Å²) >= 11 is 0. The Kier molecular flexibility index (Phi) is 5.56. The van der Waals surface area contributed by atoms with Crippen LogP contribution in [0.2, 0.25) is 0 Å². The van der Waals surface area contributed by atoms with Gasteiger partial charge in [0.15, 0.2) is 0 Å². The van der Waals surface area contributed by atoms with E-state index in [0.717, 1.165) is 18.5 Å². The molecule has 3 heteroatoms. The minimum Gasteiger partial charge on any atom is -0.484 e. The second-order valence-corrected chi connectivity index (χ2v) is 4.68. The Bertz CT molecular complexity index is 515. The second kappa shape index (κ2) is 7.65. The van der Waals surface area contributed by atoms with Crippen molar-refractivity contribution in [1.82, 2.24) is 5.32 Å². The van der Waals surface area contributed by atoms with E-state index in [1.807, 2.05) is 30.3 Å². The molecular weight excluding hydrogens is 253 g/mol. The van der Waals surface area contributed by atoms with E-state index in [9.17, 15) is 4.39 Å². The van der Waals surface area contributed by atoms with Gasteiger partial charge in [0.25, 0.3) is 0 Å². The van der Waals surface area contributed by atoms with Crippen LogP contribution in [-0.2, 0) is 0 Å². The highest BCUT2D eigenvalue weighted by molar-refractivity contribution is 5.25. The molecule has 0 radical (unpaired) electrons. The number of nitrogens with one attached hydrogen (secondary N) is 1. The normalized spacial score (nSPS) is 12.1. The van der Waals surface area contributed by atoms with Crippen molar-refractivity contribution >= 4 is 0 Å². The van der Waals surface area contributed by atoms with E-state index in [2.05, 4.69) is 12.2 Å². The molecule has 0 fully saturated rings. The summed E-state index contributed by atoms with van der Waals surface area (Å²) in [5.41, 5.74) is 1.08. The van der Waals surface area contributed by atoms with E-state index in [-0.39, 0.29) is 11.9 Å². The molecule has 2 aromatic carbocycles. The first kappa shape index (κ1) is 14.5. The molecule has 2 nitrogen and oxygen atoms in total. The predicted molar refractivity (Wildman–Crippen MR) is 79.4 cm³/mol. The third kappa shape index (κ3) is 4.35. The molecule has 0 spiro atoms.